The summed E-state index contributed by atoms with van der Waals surface area (Å²) in [7, 11) is 0. The molecule has 1 aliphatic rings. The van der Waals surface area contributed by atoms with E-state index in [4.69, 9.17) is 4.74 Å². The number of ether oxygens (including phenoxy) is 1. The molecule has 0 aliphatic carbocycles. The van der Waals surface area contributed by atoms with Gasteiger partial charge in [0.15, 0.2) is 5.16 Å². The van der Waals surface area contributed by atoms with E-state index in [2.05, 4.69) is 20.4 Å². The molecule has 168 valence electrons. The highest BCUT2D eigenvalue weighted by Gasteiger charge is 2.18. The van der Waals surface area contributed by atoms with Gasteiger partial charge < -0.3 is 10.1 Å². The summed E-state index contributed by atoms with van der Waals surface area (Å²) in [6, 6.07) is 11.7. The maximum Gasteiger partial charge on any atom is 0.234 e. The van der Waals surface area contributed by atoms with Crippen molar-refractivity contribution in [1.29, 1.82) is 0 Å². The first kappa shape index (κ1) is 22.4. The smallest absolute Gasteiger partial charge is 0.234 e. The van der Waals surface area contributed by atoms with Gasteiger partial charge in [0.05, 0.1) is 19.0 Å². The number of aromatic nitrogens is 3. The van der Waals surface area contributed by atoms with E-state index in [0.717, 1.165) is 44.4 Å². The summed E-state index contributed by atoms with van der Waals surface area (Å²) in [6.45, 7) is 3.98. The van der Waals surface area contributed by atoms with E-state index in [-0.39, 0.29) is 23.3 Å². The summed E-state index contributed by atoms with van der Waals surface area (Å²) in [5, 5.41) is 11.9. The van der Waals surface area contributed by atoms with Crippen LogP contribution in [0.1, 0.15) is 5.82 Å². The fourth-order valence-electron chi connectivity index (χ4n) is 3.35. The predicted molar refractivity (Wildman–Crippen MR) is 118 cm³/mol. The van der Waals surface area contributed by atoms with Crippen LogP contribution in [0, 0.1) is 11.6 Å². The Morgan fingerprint density at radius 3 is 2.34 bits per heavy atom. The van der Waals surface area contributed by atoms with Crippen LogP contribution in [-0.2, 0) is 16.0 Å². The van der Waals surface area contributed by atoms with Crippen molar-refractivity contribution >= 4 is 23.4 Å². The third-order valence-corrected chi connectivity index (χ3v) is 5.93. The maximum absolute atomic E-state index is 13.5. The molecule has 1 fully saturated rings. The number of carbonyl (C=O) groups excluding carboxylic acids is 1. The number of carbonyl (C=O) groups is 1. The number of nitrogens with zero attached hydrogens (tertiary/aromatic N) is 4. The molecule has 4 rings (SSSR count). The van der Waals surface area contributed by atoms with E-state index in [1.54, 1.807) is 12.1 Å². The monoisotopic (exact) mass is 459 g/mol. The Morgan fingerprint density at radius 1 is 1.00 bits per heavy atom. The number of morpholine rings is 1. The second-order valence-electron chi connectivity index (χ2n) is 7.26. The number of anilines is 1. The molecule has 2 aromatic carbocycles. The molecule has 7 nitrogen and oxygen atoms in total. The van der Waals surface area contributed by atoms with E-state index < -0.39 is 0 Å². The molecule has 1 amide bonds. The van der Waals surface area contributed by atoms with Gasteiger partial charge in [-0.2, -0.15) is 0 Å². The Hall–Kier alpha value is -2.82. The molecular weight excluding hydrogens is 436 g/mol. The molecule has 0 bridgehead atoms. The van der Waals surface area contributed by atoms with E-state index in [0.29, 0.717) is 17.3 Å². The fraction of sp³-hybridized carbons (Fsp3) is 0.318. The highest BCUT2D eigenvalue weighted by molar-refractivity contribution is 7.99. The SMILES string of the molecule is O=C(CSc1nnc(CCN2CCOCC2)n1-c1ccc(F)cc1)Nc1ccc(F)cc1. The normalized spacial score (nSPS) is 14.4. The van der Waals surface area contributed by atoms with Crippen molar-refractivity contribution < 1.29 is 18.3 Å². The maximum atomic E-state index is 13.5. The van der Waals surface area contributed by atoms with Crippen LogP contribution in [0.3, 0.4) is 0 Å². The van der Waals surface area contributed by atoms with Gasteiger partial charge in [-0.1, -0.05) is 11.8 Å². The Balaban J connectivity index is 1.46. The number of hydrogen-bond donors (Lipinski definition) is 1. The largest absolute Gasteiger partial charge is 0.379 e. The van der Waals surface area contributed by atoms with Crippen molar-refractivity contribution in [2.75, 3.05) is 43.9 Å². The van der Waals surface area contributed by atoms with Crippen molar-refractivity contribution in [2.24, 2.45) is 0 Å². The minimum absolute atomic E-state index is 0.0974. The lowest BCUT2D eigenvalue weighted by Crippen LogP contribution is -2.37. The van der Waals surface area contributed by atoms with Crippen molar-refractivity contribution in [1.82, 2.24) is 19.7 Å². The molecule has 0 atom stereocenters. The third-order valence-electron chi connectivity index (χ3n) is 5.00. The molecular formula is C22H23F2N5O2S. The Morgan fingerprint density at radius 2 is 1.66 bits per heavy atom. The highest BCUT2D eigenvalue weighted by Crippen LogP contribution is 2.23. The summed E-state index contributed by atoms with van der Waals surface area (Å²) in [5.41, 5.74) is 1.25. The Kier molecular flexibility index (Phi) is 7.46. The molecule has 1 aromatic heterocycles. The van der Waals surface area contributed by atoms with Crippen LogP contribution in [0.25, 0.3) is 5.69 Å². The first-order valence-electron chi connectivity index (χ1n) is 10.3. The van der Waals surface area contributed by atoms with Gasteiger partial charge in [0, 0.05) is 37.4 Å². The summed E-state index contributed by atoms with van der Waals surface area (Å²) in [4.78, 5) is 14.7. The van der Waals surface area contributed by atoms with Crippen LogP contribution in [0.5, 0.6) is 0 Å². The molecule has 1 saturated heterocycles. The zero-order chi connectivity index (χ0) is 22.3. The Bertz CT molecular complexity index is 1040. The molecule has 0 unspecified atom stereocenters. The van der Waals surface area contributed by atoms with Gasteiger partial charge in [0.1, 0.15) is 17.5 Å². The average Bonchev–Trinajstić information content (AvgIpc) is 3.22. The minimum Gasteiger partial charge on any atom is -0.379 e. The van der Waals surface area contributed by atoms with Crippen LogP contribution in [0.15, 0.2) is 53.7 Å². The molecule has 1 aliphatic heterocycles. The number of halogens is 2. The lowest BCUT2D eigenvalue weighted by molar-refractivity contribution is -0.113. The summed E-state index contributed by atoms with van der Waals surface area (Å²) >= 11 is 1.23. The van der Waals surface area contributed by atoms with Crippen molar-refractivity contribution in [3.8, 4) is 5.69 Å². The first-order chi connectivity index (χ1) is 15.6. The number of nitrogens with one attached hydrogen (secondary N) is 1. The molecule has 10 heteroatoms. The second kappa shape index (κ2) is 10.7. The lowest BCUT2D eigenvalue weighted by atomic mass is 10.3. The van der Waals surface area contributed by atoms with Gasteiger partial charge in [0.25, 0.3) is 0 Å². The van der Waals surface area contributed by atoms with Gasteiger partial charge >= 0.3 is 0 Å². The summed E-state index contributed by atoms with van der Waals surface area (Å²) in [6.07, 6.45) is 0.659. The lowest BCUT2D eigenvalue weighted by Gasteiger charge is -2.26. The third kappa shape index (κ3) is 5.90. The van der Waals surface area contributed by atoms with Crippen LogP contribution in [0.2, 0.25) is 0 Å². The number of benzene rings is 2. The van der Waals surface area contributed by atoms with E-state index >= 15 is 0 Å². The second-order valence-corrected chi connectivity index (χ2v) is 8.20. The molecule has 1 N–H and O–H groups in total. The number of amides is 1. The molecule has 32 heavy (non-hydrogen) atoms. The van der Waals surface area contributed by atoms with Crippen LogP contribution in [0.4, 0.5) is 14.5 Å². The molecule has 2 heterocycles. The van der Waals surface area contributed by atoms with E-state index in [1.165, 1.54) is 48.2 Å². The summed E-state index contributed by atoms with van der Waals surface area (Å²) < 4.78 is 33.8. The average molecular weight is 460 g/mol. The minimum atomic E-state index is -0.366. The standard InChI is InChI=1S/C22H23F2N5O2S/c23-16-1-5-18(6-2-16)25-21(30)15-32-22-27-26-20(9-10-28-11-13-31-14-12-28)29(22)19-7-3-17(24)4-8-19/h1-8H,9-15H2,(H,25,30). The van der Waals surface area contributed by atoms with E-state index in [1.807, 2.05) is 4.57 Å². The Labute approximate surface area is 188 Å². The molecule has 3 aromatic rings. The zero-order valence-electron chi connectivity index (χ0n) is 17.3. The van der Waals surface area contributed by atoms with Crippen LogP contribution < -0.4 is 5.32 Å². The van der Waals surface area contributed by atoms with Crippen molar-refractivity contribution in [3.05, 3.63) is 66.0 Å². The van der Waals surface area contributed by atoms with Gasteiger partial charge in [-0.25, -0.2) is 8.78 Å². The van der Waals surface area contributed by atoms with Crippen molar-refractivity contribution in [3.63, 3.8) is 0 Å². The van der Waals surface area contributed by atoms with Crippen molar-refractivity contribution in [2.45, 2.75) is 11.6 Å². The number of rotatable bonds is 8. The number of hydrogen-bond acceptors (Lipinski definition) is 6. The van der Waals surface area contributed by atoms with Crippen LogP contribution in [-0.4, -0.2) is 64.2 Å². The fourth-order valence-corrected chi connectivity index (χ4v) is 4.12. The highest BCUT2D eigenvalue weighted by atomic mass is 32.2. The van der Waals surface area contributed by atoms with Gasteiger partial charge in [-0.3, -0.25) is 14.3 Å². The zero-order valence-corrected chi connectivity index (χ0v) is 18.2. The predicted octanol–water partition coefficient (Wildman–Crippen LogP) is 3.15. The van der Waals surface area contributed by atoms with Crippen LogP contribution >= 0.6 is 11.8 Å². The molecule has 0 radical (unpaired) electrons. The van der Waals surface area contributed by atoms with Gasteiger partial charge in [0.2, 0.25) is 5.91 Å². The van der Waals surface area contributed by atoms with E-state index in [9.17, 15) is 13.6 Å². The van der Waals surface area contributed by atoms with Gasteiger partial charge in [-0.15, -0.1) is 10.2 Å². The van der Waals surface area contributed by atoms with Gasteiger partial charge in [-0.05, 0) is 48.5 Å². The molecule has 0 saturated carbocycles. The number of thioether (sulfide) groups is 1. The summed E-state index contributed by atoms with van der Waals surface area (Å²) in [5.74, 6) is -0.103. The molecule has 0 spiro atoms. The first-order valence-corrected chi connectivity index (χ1v) is 11.3. The topological polar surface area (TPSA) is 72.3 Å². The quantitative estimate of drug-likeness (QED) is 0.522.